The number of hydrogen-bond acceptors (Lipinski definition) is 6. The number of nitrogens with one attached hydrogen (secondary N) is 1. The average Bonchev–Trinajstić information content (AvgIpc) is 2.77. The van der Waals surface area contributed by atoms with Gasteiger partial charge in [-0.15, -0.1) is 0 Å². The standard InChI is InChI=1S/C15H19N3O4/c1-10(20)12-13(11-3-2-4-17-9-11)18(15(22)14(12)21)7-5-16-6-8-19/h2-4,9,13,16,19,21H,5-8H2,1H3/t13-/m0/s1. The van der Waals surface area contributed by atoms with E-state index in [2.05, 4.69) is 10.3 Å². The number of amides is 1. The molecule has 1 aromatic heterocycles. The van der Waals surface area contributed by atoms with Gasteiger partial charge in [-0.1, -0.05) is 6.07 Å². The molecule has 7 nitrogen and oxygen atoms in total. The summed E-state index contributed by atoms with van der Waals surface area (Å²) in [5.74, 6) is -1.40. The summed E-state index contributed by atoms with van der Waals surface area (Å²) in [6.07, 6.45) is 3.18. The number of carbonyl (C=O) groups is 2. The van der Waals surface area contributed by atoms with Crippen molar-refractivity contribution in [1.29, 1.82) is 0 Å². The highest BCUT2D eigenvalue weighted by atomic mass is 16.3. The molecular formula is C15H19N3O4. The van der Waals surface area contributed by atoms with Crippen LogP contribution in [0.4, 0.5) is 0 Å². The Morgan fingerprint density at radius 3 is 2.82 bits per heavy atom. The molecule has 1 aromatic rings. The fraction of sp³-hybridized carbons (Fsp3) is 0.400. The second-order valence-corrected chi connectivity index (χ2v) is 4.98. The Hall–Kier alpha value is -2.25. The Morgan fingerprint density at radius 2 is 2.23 bits per heavy atom. The van der Waals surface area contributed by atoms with Gasteiger partial charge in [-0.2, -0.15) is 0 Å². The number of rotatable bonds is 7. The van der Waals surface area contributed by atoms with Crippen LogP contribution in [0, 0.1) is 0 Å². The molecule has 7 heteroatoms. The molecule has 0 unspecified atom stereocenters. The number of hydrogen-bond donors (Lipinski definition) is 3. The van der Waals surface area contributed by atoms with Crippen LogP contribution in [0.3, 0.4) is 0 Å². The number of nitrogens with zero attached hydrogens (tertiary/aromatic N) is 2. The van der Waals surface area contributed by atoms with Crippen molar-refractivity contribution in [3.8, 4) is 0 Å². The molecule has 2 rings (SSSR count). The van der Waals surface area contributed by atoms with E-state index in [9.17, 15) is 14.7 Å². The molecule has 0 aromatic carbocycles. The van der Waals surface area contributed by atoms with E-state index in [0.717, 1.165) is 0 Å². The number of ketones is 1. The van der Waals surface area contributed by atoms with Gasteiger partial charge in [0.05, 0.1) is 18.2 Å². The predicted octanol–water partition coefficient (Wildman–Crippen LogP) is -0.0521. The van der Waals surface area contributed by atoms with Crippen LogP contribution < -0.4 is 5.32 Å². The number of aliphatic hydroxyl groups excluding tert-OH is 2. The van der Waals surface area contributed by atoms with Crippen LogP contribution in [0.15, 0.2) is 35.9 Å². The van der Waals surface area contributed by atoms with Crippen molar-refractivity contribution in [3.63, 3.8) is 0 Å². The molecule has 1 atom stereocenters. The zero-order valence-electron chi connectivity index (χ0n) is 12.3. The van der Waals surface area contributed by atoms with Gasteiger partial charge in [-0.05, 0) is 18.6 Å². The zero-order valence-corrected chi connectivity index (χ0v) is 12.3. The summed E-state index contributed by atoms with van der Waals surface area (Å²) in [4.78, 5) is 29.5. The van der Waals surface area contributed by atoms with Gasteiger partial charge in [0, 0.05) is 32.0 Å². The van der Waals surface area contributed by atoms with E-state index >= 15 is 0 Å². The van der Waals surface area contributed by atoms with E-state index in [0.29, 0.717) is 25.2 Å². The lowest BCUT2D eigenvalue weighted by atomic mass is 9.98. The molecule has 2 heterocycles. The maximum Gasteiger partial charge on any atom is 0.290 e. The first kappa shape index (κ1) is 16.1. The summed E-state index contributed by atoms with van der Waals surface area (Å²) >= 11 is 0. The van der Waals surface area contributed by atoms with Crippen molar-refractivity contribution in [2.24, 2.45) is 0 Å². The molecule has 1 aliphatic heterocycles. The first-order valence-electron chi connectivity index (χ1n) is 7.04. The Bertz CT molecular complexity index is 586. The summed E-state index contributed by atoms with van der Waals surface area (Å²) in [6.45, 7) is 2.50. The molecule has 1 aliphatic rings. The van der Waals surface area contributed by atoms with E-state index in [-0.39, 0.29) is 18.0 Å². The summed E-state index contributed by atoms with van der Waals surface area (Å²) in [7, 11) is 0. The van der Waals surface area contributed by atoms with Crippen LogP contribution in [0.1, 0.15) is 18.5 Å². The van der Waals surface area contributed by atoms with Crippen molar-refractivity contribution >= 4 is 11.7 Å². The lowest BCUT2D eigenvalue weighted by Gasteiger charge is -2.26. The fourth-order valence-electron chi connectivity index (χ4n) is 2.53. The van der Waals surface area contributed by atoms with Gasteiger partial charge in [-0.3, -0.25) is 14.6 Å². The van der Waals surface area contributed by atoms with Gasteiger partial charge in [0.15, 0.2) is 11.5 Å². The van der Waals surface area contributed by atoms with Crippen LogP contribution in [0.5, 0.6) is 0 Å². The minimum Gasteiger partial charge on any atom is -0.503 e. The second-order valence-electron chi connectivity index (χ2n) is 4.98. The number of aliphatic hydroxyl groups is 2. The third-order valence-electron chi connectivity index (χ3n) is 3.50. The highest BCUT2D eigenvalue weighted by Crippen LogP contribution is 2.36. The van der Waals surface area contributed by atoms with Crippen LogP contribution in [-0.4, -0.2) is 58.0 Å². The van der Waals surface area contributed by atoms with Crippen molar-refractivity contribution in [3.05, 3.63) is 41.4 Å². The average molecular weight is 305 g/mol. The van der Waals surface area contributed by atoms with Crippen molar-refractivity contribution in [2.75, 3.05) is 26.2 Å². The monoisotopic (exact) mass is 305 g/mol. The molecule has 0 fully saturated rings. The maximum atomic E-state index is 12.2. The normalized spacial score (nSPS) is 18.2. The maximum absolute atomic E-state index is 12.2. The van der Waals surface area contributed by atoms with Crippen molar-refractivity contribution in [1.82, 2.24) is 15.2 Å². The minimum atomic E-state index is -0.630. The molecule has 0 aliphatic carbocycles. The SMILES string of the molecule is CC(=O)C1=C(O)C(=O)N(CCNCCO)[C@H]1c1cccnc1. The summed E-state index contributed by atoms with van der Waals surface area (Å²) in [5.41, 5.74) is 0.771. The van der Waals surface area contributed by atoms with Gasteiger partial charge >= 0.3 is 0 Å². The van der Waals surface area contributed by atoms with Crippen LogP contribution in [0.25, 0.3) is 0 Å². The number of pyridine rings is 1. The van der Waals surface area contributed by atoms with Gasteiger partial charge in [-0.25, -0.2) is 0 Å². The minimum absolute atomic E-state index is 0.00216. The van der Waals surface area contributed by atoms with E-state index in [4.69, 9.17) is 5.11 Å². The topological polar surface area (TPSA) is 103 Å². The molecule has 0 spiro atoms. The Kier molecular flexibility index (Phi) is 5.24. The number of carbonyl (C=O) groups excluding carboxylic acids is 2. The highest BCUT2D eigenvalue weighted by Gasteiger charge is 2.42. The number of aromatic nitrogens is 1. The van der Waals surface area contributed by atoms with Gasteiger partial charge in [0.1, 0.15) is 0 Å². The molecule has 0 radical (unpaired) electrons. The summed E-state index contributed by atoms with van der Waals surface area (Å²) < 4.78 is 0. The zero-order chi connectivity index (χ0) is 16.1. The molecule has 3 N–H and O–H groups in total. The molecule has 118 valence electrons. The Labute approximate surface area is 128 Å². The van der Waals surface area contributed by atoms with E-state index in [1.807, 2.05) is 0 Å². The quantitative estimate of drug-likeness (QED) is 0.610. The molecule has 0 saturated carbocycles. The van der Waals surface area contributed by atoms with Crippen molar-refractivity contribution < 1.29 is 19.8 Å². The van der Waals surface area contributed by atoms with Crippen LogP contribution in [-0.2, 0) is 9.59 Å². The van der Waals surface area contributed by atoms with Crippen molar-refractivity contribution in [2.45, 2.75) is 13.0 Å². The largest absolute Gasteiger partial charge is 0.503 e. The van der Waals surface area contributed by atoms with Crippen LogP contribution in [0.2, 0.25) is 0 Å². The predicted molar refractivity (Wildman–Crippen MR) is 79.0 cm³/mol. The lowest BCUT2D eigenvalue weighted by Crippen LogP contribution is -2.37. The summed E-state index contributed by atoms with van der Waals surface area (Å²) in [5, 5.41) is 21.7. The van der Waals surface area contributed by atoms with Gasteiger partial charge in [0.25, 0.3) is 5.91 Å². The molecule has 1 amide bonds. The second kappa shape index (κ2) is 7.15. The number of Topliss-reactive ketones (excluding diaryl/α,β-unsaturated/α-hetero) is 1. The van der Waals surface area contributed by atoms with Gasteiger partial charge < -0.3 is 20.4 Å². The first-order valence-corrected chi connectivity index (χ1v) is 7.04. The third kappa shape index (κ3) is 3.15. The lowest BCUT2D eigenvalue weighted by molar-refractivity contribution is -0.129. The molecule has 22 heavy (non-hydrogen) atoms. The first-order chi connectivity index (χ1) is 10.6. The summed E-state index contributed by atoms with van der Waals surface area (Å²) in [6, 6.07) is 2.85. The molecule has 0 saturated heterocycles. The Morgan fingerprint density at radius 1 is 1.45 bits per heavy atom. The molecule has 0 bridgehead atoms. The van der Waals surface area contributed by atoms with E-state index in [1.165, 1.54) is 11.8 Å². The highest BCUT2D eigenvalue weighted by molar-refractivity contribution is 6.08. The smallest absolute Gasteiger partial charge is 0.290 e. The third-order valence-corrected chi connectivity index (χ3v) is 3.50. The molecular weight excluding hydrogens is 286 g/mol. The fourth-order valence-corrected chi connectivity index (χ4v) is 2.53. The van der Waals surface area contributed by atoms with Gasteiger partial charge in [0.2, 0.25) is 0 Å². The Balaban J connectivity index is 2.28. The van der Waals surface area contributed by atoms with E-state index in [1.54, 1.807) is 24.5 Å². The van der Waals surface area contributed by atoms with Crippen LogP contribution >= 0.6 is 0 Å². The van der Waals surface area contributed by atoms with E-state index < -0.39 is 17.7 Å².